The summed E-state index contributed by atoms with van der Waals surface area (Å²) in [6.45, 7) is 6.34. The summed E-state index contributed by atoms with van der Waals surface area (Å²) in [6.07, 6.45) is 2.22. The lowest BCUT2D eigenvalue weighted by Gasteiger charge is -2.35. The van der Waals surface area contributed by atoms with E-state index < -0.39 is 0 Å². The Morgan fingerprint density at radius 1 is 1.50 bits per heavy atom. The molecule has 0 radical (unpaired) electrons. The zero-order valence-electron chi connectivity index (χ0n) is 12.4. The van der Waals surface area contributed by atoms with Crippen LogP contribution < -0.4 is 5.32 Å². The molecule has 0 saturated carbocycles. The fraction of sp³-hybridized carbons (Fsp3) is 0.714. The normalized spacial score (nSPS) is 23.8. The SMILES string of the molecule is CCOCc1nc(Cl)cc(NC2CCN(C)C(C)C2)n1. The van der Waals surface area contributed by atoms with Crippen LogP contribution in [-0.2, 0) is 11.3 Å². The molecule has 1 aliphatic heterocycles. The van der Waals surface area contributed by atoms with E-state index in [-0.39, 0.29) is 0 Å². The molecule has 1 fully saturated rings. The first kappa shape index (κ1) is 15.5. The van der Waals surface area contributed by atoms with Gasteiger partial charge < -0.3 is 15.0 Å². The van der Waals surface area contributed by atoms with Gasteiger partial charge in [-0.15, -0.1) is 0 Å². The number of anilines is 1. The zero-order valence-corrected chi connectivity index (χ0v) is 13.2. The van der Waals surface area contributed by atoms with E-state index in [0.29, 0.717) is 36.3 Å². The highest BCUT2D eigenvalue weighted by molar-refractivity contribution is 6.29. The van der Waals surface area contributed by atoms with Crippen LogP contribution in [-0.4, -0.2) is 47.2 Å². The van der Waals surface area contributed by atoms with Crippen LogP contribution in [0.1, 0.15) is 32.5 Å². The fourth-order valence-corrected chi connectivity index (χ4v) is 2.63. The van der Waals surface area contributed by atoms with Gasteiger partial charge in [-0.2, -0.15) is 0 Å². The van der Waals surface area contributed by atoms with Gasteiger partial charge in [0, 0.05) is 31.3 Å². The molecule has 0 aromatic carbocycles. The van der Waals surface area contributed by atoms with Gasteiger partial charge >= 0.3 is 0 Å². The topological polar surface area (TPSA) is 50.3 Å². The molecule has 5 nitrogen and oxygen atoms in total. The lowest BCUT2D eigenvalue weighted by atomic mass is 9.99. The lowest BCUT2D eigenvalue weighted by Crippen LogP contribution is -2.42. The summed E-state index contributed by atoms with van der Waals surface area (Å²) in [7, 11) is 2.17. The van der Waals surface area contributed by atoms with Crippen molar-refractivity contribution in [3.63, 3.8) is 0 Å². The van der Waals surface area contributed by atoms with Crippen molar-refractivity contribution in [3.8, 4) is 0 Å². The minimum atomic E-state index is 0.398. The van der Waals surface area contributed by atoms with Crippen LogP contribution in [0.4, 0.5) is 5.82 Å². The molecule has 0 bridgehead atoms. The summed E-state index contributed by atoms with van der Waals surface area (Å²) < 4.78 is 5.33. The Bertz CT molecular complexity index is 443. The predicted molar refractivity (Wildman–Crippen MR) is 81.1 cm³/mol. The van der Waals surface area contributed by atoms with Crippen molar-refractivity contribution in [3.05, 3.63) is 17.0 Å². The molecule has 2 rings (SSSR count). The molecule has 2 heterocycles. The number of hydrogen-bond acceptors (Lipinski definition) is 5. The van der Waals surface area contributed by atoms with Gasteiger partial charge in [-0.3, -0.25) is 0 Å². The van der Waals surface area contributed by atoms with Crippen molar-refractivity contribution < 1.29 is 4.74 Å². The number of ether oxygens (including phenoxy) is 1. The average molecular weight is 299 g/mol. The minimum Gasteiger partial charge on any atom is -0.374 e. The second-order valence-electron chi connectivity index (χ2n) is 5.32. The van der Waals surface area contributed by atoms with Gasteiger partial charge in [-0.25, -0.2) is 9.97 Å². The van der Waals surface area contributed by atoms with Gasteiger partial charge in [0.2, 0.25) is 0 Å². The maximum atomic E-state index is 6.04. The predicted octanol–water partition coefficient (Wildman–Crippen LogP) is 2.56. The third-order valence-electron chi connectivity index (χ3n) is 3.74. The van der Waals surface area contributed by atoms with Crippen molar-refractivity contribution in [2.45, 2.75) is 45.4 Å². The Balaban J connectivity index is 1.99. The smallest absolute Gasteiger partial charge is 0.158 e. The number of halogens is 1. The second kappa shape index (κ2) is 7.20. The molecule has 1 aromatic rings. The second-order valence-corrected chi connectivity index (χ2v) is 5.71. The number of aromatic nitrogens is 2. The number of nitrogens with one attached hydrogen (secondary N) is 1. The molecule has 0 aliphatic carbocycles. The molecule has 1 aliphatic rings. The number of rotatable bonds is 5. The molecule has 2 unspecified atom stereocenters. The Morgan fingerprint density at radius 3 is 3.00 bits per heavy atom. The third kappa shape index (κ3) is 4.30. The van der Waals surface area contributed by atoms with E-state index in [1.54, 1.807) is 6.07 Å². The largest absolute Gasteiger partial charge is 0.374 e. The van der Waals surface area contributed by atoms with Gasteiger partial charge in [-0.1, -0.05) is 11.6 Å². The van der Waals surface area contributed by atoms with Crippen LogP contribution in [0.15, 0.2) is 6.07 Å². The molecule has 1 saturated heterocycles. The summed E-state index contributed by atoms with van der Waals surface area (Å²) >= 11 is 6.04. The Morgan fingerprint density at radius 2 is 2.30 bits per heavy atom. The van der Waals surface area contributed by atoms with E-state index in [4.69, 9.17) is 16.3 Å². The van der Waals surface area contributed by atoms with E-state index in [1.807, 2.05) is 6.92 Å². The van der Waals surface area contributed by atoms with Crippen LogP contribution in [0.3, 0.4) is 0 Å². The van der Waals surface area contributed by atoms with Gasteiger partial charge in [0.1, 0.15) is 17.6 Å². The van der Waals surface area contributed by atoms with Crippen molar-refractivity contribution in [2.75, 3.05) is 25.5 Å². The Labute approximate surface area is 125 Å². The summed E-state index contributed by atoms with van der Waals surface area (Å²) in [6, 6.07) is 2.80. The molecule has 0 spiro atoms. The first-order valence-corrected chi connectivity index (χ1v) is 7.54. The van der Waals surface area contributed by atoms with Crippen molar-refractivity contribution in [1.82, 2.24) is 14.9 Å². The summed E-state index contributed by atoms with van der Waals surface area (Å²) in [4.78, 5) is 11.0. The van der Waals surface area contributed by atoms with Gasteiger partial charge in [0.25, 0.3) is 0 Å². The molecular formula is C14H23ClN4O. The zero-order chi connectivity index (χ0) is 14.5. The Hall–Kier alpha value is -0.910. The molecule has 1 aromatic heterocycles. The third-order valence-corrected chi connectivity index (χ3v) is 3.93. The average Bonchev–Trinajstić information content (AvgIpc) is 2.40. The van der Waals surface area contributed by atoms with Crippen LogP contribution >= 0.6 is 11.6 Å². The summed E-state index contributed by atoms with van der Waals surface area (Å²) in [5, 5.41) is 3.93. The first-order valence-electron chi connectivity index (χ1n) is 7.16. The van der Waals surface area contributed by atoms with Gasteiger partial charge in [0.15, 0.2) is 5.82 Å². The van der Waals surface area contributed by atoms with E-state index in [1.165, 1.54) is 0 Å². The van der Waals surface area contributed by atoms with Gasteiger partial charge in [-0.05, 0) is 33.7 Å². The highest BCUT2D eigenvalue weighted by Crippen LogP contribution is 2.20. The molecule has 2 atom stereocenters. The lowest BCUT2D eigenvalue weighted by molar-refractivity contribution is 0.128. The molecule has 6 heteroatoms. The number of nitrogens with zero attached hydrogens (tertiary/aromatic N) is 3. The molecule has 20 heavy (non-hydrogen) atoms. The monoisotopic (exact) mass is 298 g/mol. The summed E-state index contributed by atoms with van der Waals surface area (Å²) in [5.74, 6) is 1.42. The van der Waals surface area contributed by atoms with E-state index >= 15 is 0 Å². The van der Waals surface area contributed by atoms with Crippen molar-refractivity contribution in [2.24, 2.45) is 0 Å². The van der Waals surface area contributed by atoms with Crippen LogP contribution in [0.2, 0.25) is 5.15 Å². The van der Waals surface area contributed by atoms with E-state index in [9.17, 15) is 0 Å². The number of hydrogen-bond donors (Lipinski definition) is 1. The van der Waals surface area contributed by atoms with E-state index in [2.05, 4.69) is 34.2 Å². The van der Waals surface area contributed by atoms with E-state index in [0.717, 1.165) is 25.2 Å². The van der Waals surface area contributed by atoms with Crippen LogP contribution in [0, 0.1) is 0 Å². The molecule has 1 N–H and O–H groups in total. The quantitative estimate of drug-likeness (QED) is 0.847. The Kier molecular flexibility index (Phi) is 5.57. The van der Waals surface area contributed by atoms with Crippen LogP contribution in [0.5, 0.6) is 0 Å². The maximum Gasteiger partial charge on any atom is 0.158 e. The maximum absolute atomic E-state index is 6.04. The molecule has 112 valence electrons. The number of likely N-dealkylation sites (tertiary alicyclic amines) is 1. The first-order chi connectivity index (χ1) is 9.58. The van der Waals surface area contributed by atoms with Crippen molar-refractivity contribution >= 4 is 17.4 Å². The standard InChI is InChI=1S/C14H23ClN4O/c1-4-20-9-14-17-12(15)8-13(18-14)16-11-5-6-19(3)10(2)7-11/h8,10-11H,4-7,9H2,1-3H3,(H,16,17,18). The van der Waals surface area contributed by atoms with Crippen LogP contribution in [0.25, 0.3) is 0 Å². The number of piperidine rings is 1. The highest BCUT2D eigenvalue weighted by atomic mass is 35.5. The van der Waals surface area contributed by atoms with Crippen molar-refractivity contribution in [1.29, 1.82) is 0 Å². The van der Waals surface area contributed by atoms with Gasteiger partial charge in [0.05, 0.1) is 0 Å². The minimum absolute atomic E-state index is 0.398. The summed E-state index contributed by atoms with van der Waals surface area (Å²) in [5.41, 5.74) is 0. The highest BCUT2D eigenvalue weighted by Gasteiger charge is 2.23. The fourth-order valence-electron chi connectivity index (χ4n) is 2.43. The molecule has 0 amide bonds. The molecular weight excluding hydrogens is 276 g/mol.